The second-order valence-electron chi connectivity index (χ2n) is 28.8. The van der Waals surface area contributed by atoms with Gasteiger partial charge in [-0.15, -0.1) is 0 Å². The molecule has 0 aromatic heterocycles. The predicted octanol–water partition coefficient (Wildman–Crippen LogP) is 3.70. The maximum atomic E-state index is 15.4. The van der Waals surface area contributed by atoms with E-state index in [0.29, 0.717) is 31.9 Å². The van der Waals surface area contributed by atoms with Crippen LogP contribution in [0, 0.1) is 41.4 Å². The molecule has 2 heterocycles. The highest BCUT2D eigenvalue weighted by atomic mass is 32.2. The third kappa shape index (κ3) is 24.6. The van der Waals surface area contributed by atoms with Gasteiger partial charge in [0.1, 0.15) is 66.5 Å². The van der Waals surface area contributed by atoms with Crippen LogP contribution >= 0.6 is 11.8 Å². The first kappa shape index (κ1) is 85.2. The number of amides is 11. The van der Waals surface area contributed by atoms with Crippen molar-refractivity contribution in [1.29, 1.82) is 0 Å². The molecule has 5 N–H and O–H groups in total. The molecule has 2 saturated heterocycles. The van der Waals surface area contributed by atoms with Crippen molar-refractivity contribution in [2.45, 2.75) is 229 Å². The monoisotopic (exact) mass is 1360 g/mol. The fraction of sp³-hybridized carbons (Fsp3) is 0.812. The van der Waals surface area contributed by atoms with Crippen LogP contribution in [0.3, 0.4) is 0 Å². The molecule has 0 aromatic carbocycles. The highest BCUT2D eigenvalue weighted by Gasteiger charge is 2.46. The van der Waals surface area contributed by atoms with Crippen LogP contribution in [0.1, 0.15) is 156 Å². The van der Waals surface area contributed by atoms with Gasteiger partial charge in [0.15, 0.2) is 0 Å². The highest BCUT2D eigenvalue weighted by molar-refractivity contribution is 7.99. The zero-order valence-electron chi connectivity index (χ0n) is 62.1. The van der Waals surface area contributed by atoms with Gasteiger partial charge in [-0.05, 0) is 101 Å². The fourth-order valence-electron chi connectivity index (χ4n) is 12.2. The van der Waals surface area contributed by atoms with Gasteiger partial charge in [-0.3, -0.25) is 57.6 Å². The van der Waals surface area contributed by atoms with Crippen LogP contribution < -0.4 is 21.3 Å². The van der Waals surface area contributed by atoms with Crippen LogP contribution in [0.15, 0.2) is 12.2 Å². The number of allylic oxidation sites excluding steroid dienone is 2. The molecule has 26 heteroatoms. The van der Waals surface area contributed by atoms with Gasteiger partial charge in [-0.25, -0.2) is 0 Å². The van der Waals surface area contributed by atoms with Crippen LogP contribution in [-0.2, 0) is 57.5 Å². The topological polar surface area (TPSA) is 291 Å². The Hall–Kier alpha value is -5.86. The van der Waals surface area contributed by atoms with Crippen molar-refractivity contribution in [2.24, 2.45) is 41.4 Å². The van der Waals surface area contributed by atoms with Crippen LogP contribution in [0.25, 0.3) is 0 Å². The summed E-state index contributed by atoms with van der Waals surface area (Å²) < 4.78 is 5.56. The lowest BCUT2D eigenvalue weighted by molar-refractivity contribution is -0.157. The second kappa shape index (κ2) is 40.1. The predicted molar refractivity (Wildman–Crippen MR) is 372 cm³/mol. The van der Waals surface area contributed by atoms with Crippen molar-refractivity contribution >= 4 is 76.7 Å². The summed E-state index contributed by atoms with van der Waals surface area (Å²) in [6.45, 7) is 33.4. The molecule has 2 aliphatic rings. The summed E-state index contributed by atoms with van der Waals surface area (Å²) in [6, 6.07) is -13.8. The highest BCUT2D eigenvalue weighted by Crippen LogP contribution is 2.27. The van der Waals surface area contributed by atoms with Crippen LogP contribution in [-0.4, -0.2) is 276 Å². The van der Waals surface area contributed by atoms with Gasteiger partial charge in [-0.1, -0.05) is 109 Å². The first-order valence-corrected chi connectivity index (χ1v) is 35.6. The molecule has 0 spiro atoms. The van der Waals surface area contributed by atoms with E-state index in [1.165, 1.54) is 104 Å². The summed E-state index contributed by atoms with van der Waals surface area (Å²) in [7, 11) is 10.1. The Labute approximate surface area is 573 Å². The third-order valence-electron chi connectivity index (χ3n) is 18.3. The first-order valence-electron chi connectivity index (χ1n) is 34.5. The number of aliphatic hydroxyl groups excluding tert-OH is 1. The number of likely N-dealkylation sites (N-methyl/N-ethyl adjacent to an activating group) is 7. The van der Waals surface area contributed by atoms with Gasteiger partial charge in [0.2, 0.25) is 65.0 Å². The molecule has 2 aliphatic heterocycles. The fourth-order valence-corrected chi connectivity index (χ4v) is 13.3. The zero-order chi connectivity index (χ0) is 72.8. The van der Waals surface area contributed by atoms with Crippen molar-refractivity contribution < 1.29 is 62.6 Å². The Bertz CT molecular complexity index is 2580. The summed E-state index contributed by atoms with van der Waals surface area (Å²) in [4.78, 5) is 175. The Kier molecular flexibility index (Phi) is 36.0. The first-order chi connectivity index (χ1) is 44.2. The van der Waals surface area contributed by atoms with E-state index in [1.807, 2.05) is 68.4 Å². The minimum Gasteiger partial charge on any atom is -0.390 e. The lowest BCUT2D eigenvalue weighted by atomic mass is 9.91. The maximum Gasteiger partial charge on any atom is 0.246 e. The average molecular weight is 1360 g/mol. The van der Waals surface area contributed by atoms with E-state index < -0.39 is 155 Å². The molecule has 0 radical (unpaired) electrons. The number of hydrogen-bond donors (Lipinski definition) is 5. The molecular weight excluding hydrogens is 1240 g/mol. The average Bonchev–Trinajstić information content (AvgIpc) is 0.814. The lowest BCUT2D eigenvalue weighted by Crippen LogP contribution is -2.64. The van der Waals surface area contributed by atoms with Crippen LogP contribution in [0.4, 0.5) is 0 Å². The Morgan fingerprint density at radius 2 is 0.905 bits per heavy atom. The van der Waals surface area contributed by atoms with Crippen LogP contribution in [0.5, 0.6) is 0 Å². The lowest BCUT2D eigenvalue weighted by Gasteiger charge is -2.41. The van der Waals surface area contributed by atoms with Gasteiger partial charge in [0, 0.05) is 80.5 Å². The van der Waals surface area contributed by atoms with Gasteiger partial charge in [-0.2, -0.15) is 11.8 Å². The number of carbonyl (C=O) groups excluding carboxylic acids is 11. The van der Waals surface area contributed by atoms with E-state index in [1.54, 1.807) is 47.6 Å². The van der Waals surface area contributed by atoms with Gasteiger partial charge in [0.25, 0.3) is 0 Å². The number of nitrogens with zero attached hydrogens (tertiary/aromatic N) is 8. The Morgan fingerprint density at radius 3 is 1.38 bits per heavy atom. The Morgan fingerprint density at radius 1 is 0.484 bits per heavy atom. The quantitative estimate of drug-likeness (QED) is 0.0858. The van der Waals surface area contributed by atoms with Crippen molar-refractivity contribution in [1.82, 2.24) is 60.5 Å². The van der Waals surface area contributed by atoms with Crippen molar-refractivity contribution in [3.8, 4) is 0 Å². The number of morpholine rings is 1. The number of hydrogen-bond acceptors (Lipinski definition) is 15. The molecule has 2 rings (SSSR count). The number of carbonyl (C=O) groups is 11. The molecule has 11 amide bonds. The number of nitrogens with one attached hydrogen (secondary N) is 4. The molecule has 0 aromatic rings. The summed E-state index contributed by atoms with van der Waals surface area (Å²) >= 11 is 1.44. The molecule has 25 nitrogen and oxygen atoms in total. The van der Waals surface area contributed by atoms with E-state index in [4.69, 9.17) is 4.74 Å². The molecule has 0 aliphatic carbocycles. The summed E-state index contributed by atoms with van der Waals surface area (Å²) in [5.41, 5.74) is 0. The number of rotatable bonds is 20. The molecule has 95 heavy (non-hydrogen) atoms. The summed E-state index contributed by atoms with van der Waals surface area (Å²) in [5, 5.41) is 23.5. The molecule has 544 valence electrons. The largest absolute Gasteiger partial charge is 0.390 e. The molecule has 0 saturated carbocycles. The van der Waals surface area contributed by atoms with Crippen LogP contribution in [0.2, 0.25) is 0 Å². The van der Waals surface area contributed by atoms with Gasteiger partial charge >= 0.3 is 0 Å². The third-order valence-corrected chi connectivity index (χ3v) is 19.3. The van der Waals surface area contributed by atoms with Crippen molar-refractivity contribution in [3.63, 3.8) is 0 Å². The molecule has 13 atom stereocenters. The maximum absolute atomic E-state index is 15.4. The molecule has 0 unspecified atom stereocenters. The zero-order valence-corrected chi connectivity index (χ0v) is 63.0. The molecule has 2 fully saturated rings. The number of thioether (sulfide) groups is 1. The smallest absolute Gasteiger partial charge is 0.246 e. The van der Waals surface area contributed by atoms with E-state index in [2.05, 4.69) is 26.2 Å². The number of ether oxygens (including phenoxy) is 1. The van der Waals surface area contributed by atoms with Gasteiger partial charge < -0.3 is 65.4 Å². The van der Waals surface area contributed by atoms with E-state index >= 15 is 28.8 Å². The van der Waals surface area contributed by atoms with Gasteiger partial charge in [0.05, 0.1) is 19.3 Å². The minimum atomic E-state index is -1.64. The summed E-state index contributed by atoms with van der Waals surface area (Å²) in [5.74, 6) is -9.12. The number of aliphatic hydroxyl groups is 1. The van der Waals surface area contributed by atoms with Crippen molar-refractivity contribution in [3.05, 3.63) is 12.2 Å². The Balaban J connectivity index is 3.09. The second-order valence-corrected chi connectivity index (χ2v) is 30.0. The molecular formula is C69H124N12O13S. The van der Waals surface area contributed by atoms with Crippen molar-refractivity contribution in [2.75, 3.05) is 93.7 Å². The SMILES string of the molecule is C/C=C/C[C@@H](C)[C@@H](O)[C@@H]1C(=O)N[C@H](CC)C(=O)N(C)[C@H](CSCCN2CCOCC2)C(=O)N(C)[C@@H](CC(C)C)C(=O)N[C@H](C(C)C)C(=O)N(C)[C@H](CC(C)C)C(=O)N[C@H](C)C(=O)N[C@@H](C)C(=O)N(C)[C@H](CC(C)C)C(=O)N(C)[C@H](CC(C)C)C(=O)N(C)[C@H](C(C)C)C(=O)N1C. The minimum absolute atomic E-state index is 0.00590. The van der Waals surface area contributed by atoms with E-state index in [9.17, 15) is 29.1 Å². The van der Waals surface area contributed by atoms with E-state index in [0.717, 1.165) is 18.0 Å². The molecule has 0 bridgehead atoms. The standard InChI is InChI=1S/C69H124N12O13S/c1-25-27-28-46(15)58(82)57-62(86)72-49(26-2)64(88)78(22)54(39-95-34-31-81-29-32-94-33-30-81)67(91)74(18)51(36-41(5)6)61(85)73-55(44(11)12)68(92)75(19)50(35-40(3)4)60(84)70-47(16)59(83)71-48(17)63(87)76(20)52(37-42(7)8)65(89)77(21)53(38-43(9)10)66(90)79(23)56(45(13)14)69(93)80(57)24/h25,27,40-58,82H,26,28-39H2,1-24H3,(H,70,84)(H,71,83)(H,72,86)(H,73,85)/b27-25+/t46-,47-,48+,49-,50-,51+,52-,53-,54-,55-,56-,57-,58-/m1/s1. The summed E-state index contributed by atoms with van der Waals surface area (Å²) in [6.07, 6.45) is 2.98. The van der Waals surface area contributed by atoms with E-state index in [-0.39, 0.29) is 61.5 Å². The normalized spacial score (nSPS) is 27.3.